The predicted molar refractivity (Wildman–Crippen MR) is 146 cm³/mol. The van der Waals surface area contributed by atoms with Gasteiger partial charge in [0, 0.05) is 11.8 Å². The van der Waals surface area contributed by atoms with E-state index < -0.39 is 0 Å². The van der Waals surface area contributed by atoms with Crippen molar-refractivity contribution in [3.8, 4) is 33.5 Å². The molecule has 36 heavy (non-hydrogen) atoms. The molecule has 1 unspecified atom stereocenters. The molecule has 3 aliphatic rings. The Labute approximate surface area is 209 Å². The van der Waals surface area contributed by atoms with Gasteiger partial charge >= 0.3 is 0 Å². The maximum absolute atomic E-state index is 4.90. The highest BCUT2D eigenvalue weighted by molar-refractivity contribution is 5.99. The molecule has 0 amide bonds. The predicted octanol–water partition coefficient (Wildman–Crippen LogP) is 8.15. The van der Waals surface area contributed by atoms with Gasteiger partial charge in [0.2, 0.25) is 0 Å². The Bertz CT molecular complexity index is 1880. The Kier molecular flexibility index (Phi) is 3.33. The molecule has 1 heteroatoms. The molecule has 166 valence electrons. The number of benzene rings is 5. The summed E-state index contributed by atoms with van der Waals surface area (Å²) in [5.74, 6) is 0. The van der Waals surface area contributed by atoms with Crippen LogP contribution in [0.2, 0.25) is 0 Å². The number of nitrogens with zero attached hydrogens (tertiary/aromatic N) is 1. The molecule has 1 aromatic heterocycles. The number of hydrogen-bond donors (Lipinski definition) is 0. The van der Waals surface area contributed by atoms with Crippen LogP contribution in [0.1, 0.15) is 33.4 Å². The quantitative estimate of drug-likeness (QED) is 0.225. The van der Waals surface area contributed by atoms with Crippen LogP contribution in [-0.4, -0.2) is 4.98 Å². The van der Waals surface area contributed by atoms with Crippen molar-refractivity contribution in [2.45, 2.75) is 11.8 Å². The zero-order chi connectivity index (χ0) is 23.4. The molecule has 1 spiro atoms. The summed E-state index contributed by atoms with van der Waals surface area (Å²) in [5.41, 5.74) is 15.9. The van der Waals surface area contributed by atoms with Crippen molar-refractivity contribution >= 4 is 10.8 Å². The molecule has 0 aliphatic heterocycles. The number of fused-ring (bicyclic) bond motifs is 15. The fraction of sp³-hybridized carbons (Fsp3) is 0.0571. The molecule has 9 rings (SSSR count). The first kappa shape index (κ1) is 18.8. The minimum atomic E-state index is -0.321. The summed E-state index contributed by atoms with van der Waals surface area (Å²) in [5, 5.41) is 2.70. The topological polar surface area (TPSA) is 12.9 Å². The summed E-state index contributed by atoms with van der Waals surface area (Å²) < 4.78 is 0. The molecule has 0 bridgehead atoms. The lowest BCUT2D eigenvalue weighted by Gasteiger charge is -2.30. The van der Waals surface area contributed by atoms with Crippen molar-refractivity contribution in [2.24, 2.45) is 0 Å². The summed E-state index contributed by atoms with van der Waals surface area (Å²) in [4.78, 5) is 4.90. The molecule has 1 nitrogen and oxygen atoms in total. The fourth-order valence-electron chi connectivity index (χ4n) is 7.40. The first-order valence-corrected chi connectivity index (χ1v) is 12.7. The van der Waals surface area contributed by atoms with Crippen LogP contribution >= 0.6 is 0 Å². The summed E-state index contributed by atoms with van der Waals surface area (Å²) >= 11 is 0. The van der Waals surface area contributed by atoms with Crippen LogP contribution in [-0.2, 0) is 11.8 Å². The normalized spacial score (nSPS) is 17.4. The van der Waals surface area contributed by atoms with Crippen molar-refractivity contribution in [3.63, 3.8) is 0 Å². The molecule has 5 aromatic carbocycles. The standard InChI is InChI=1S/C35H21N/c1-2-9-23-21(8-1)15-16-24-27-20-29-25-10-3-5-12-30(25)35(33(29)19-22(27)18-28(23)24)31-13-6-4-11-26(31)34-32(35)14-7-17-36-34/h1-17,19-20H,18H2. The molecule has 1 atom stereocenters. The lowest BCUT2D eigenvalue weighted by Crippen LogP contribution is -2.26. The Balaban J connectivity index is 1.40. The lowest BCUT2D eigenvalue weighted by atomic mass is 9.70. The van der Waals surface area contributed by atoms with Crippen LogP contribution < -0.4 is 0 Å². The summed E-state index contributed by atoms with van der Waals surface area (Å²) in [7, 11) is 0. The molecular formula is C35H21N. The van der Waals surface area contributed by atoms with Gasteiger partial charge in [-0.25, -0.2) is 0 Å². The number of hydrogen-bond acceptors (Lipinski definition) is 1. The zero-order valence-corrected chi connectivity index (χ0v) is 19.6. The second kappa shape index (κ2) is 6.38. The minimum absolute atomic E-state index is 0.321. The van der Waals surface area contributed by atoms with Crippen molar-refractivity contribution in [2.75, 3.05) is 0 Å². The molecule has 0 fully saturated rings. The van der Waals surface area contributed by atoms with Crippen LogP contribution in [0.3, 0.4) is 0 Å². The second-order valence-electron chi connectivity index (χ2n) is 10.3. The third kappa shape index (κ3) is 2.04. The third-order valence-corrected chi connectivity index (χ3v) is 8.76. The maximum Gasteiger partial charge on any atom is 0.0753 e. The monoisotopic (exact) mass is 455 g/mol. The van der Waals surface area contributed by atoms with Crippen LogP contribution in [0.4, 0.5) is 0 Å². The van der Waals surface area contributed by atoms with Crippen molar-refractivity contribution in [1.29, 1.82) is 0 Å². The van der Waals surface area contributed by atoms with E-state index in [-0.39, 0.29) is 5.41 Å². The van der Waals surface area contributed by atoms with E-state index >= 15 is 0 Å². The zero-order valence-electron chi connectivity index (χ0n) is 19.6. The van der Waals surface area contributed by atoms with Crippen LogP contribution in [0.15, 0.2) is 115 Å². The van der Waals surface area contributed by atoms with E-state index in [1.54, 1.807) is 0 Å². The van der Waals surface area contributed by atoms with Crippen LogP contribution in [0.5, 0.6) is 0 Å². The lowest BCUT2D eigenvalue weighted by molar-refractivity contribution is 0.790. The van der Waals surface area contributed by atoms with Gasteiger partial charge in [0.1, 0.15) is 0 Å². The summed E-state index contributed by atoms with van der Waals surface area (Å²) in [6, 6.07) is 40.7. The maximum atomic E-state index is 4.90. The van der Waals surface area contributed by atoms with E-state index in [0.717, 1.165) is 12.1 Å². The average molecular weight is 456 g/mol. The SMILES string of the molecule is c1ccc2c(c1)-c1cc3c(cc1C21c2ccccc2-c2ncccc21)Cc1c-3ccc2ccccc12. The third-order valence-electron chi connectivity index (χ3n) is 8.76. The van der Waals surface area contributed by atoms with E-state index in [1.165, 1.54) is 72.0 Å². The highest BCUT2D eigenvalue weighted by Crippen LogP contribution is 2.63. The van der Waals surface area contributed by atoms with Gasteiger partial charge in [-0.05, 0) is 85.0 Å². The van der Waals surface area contributed by atoms with E-state index in [1.807, 2.05) is 6.20 Å². The van der Waals surface area contributed by atoms with Gasteiger partial charge in [-0.2, -0.15) is 0 Å². The number of rotatable bonds is 0. The first-order chi connectivity index (χ1) is 17.9. The van der Waals surface area contributed by atoms with Crippen LogP contribution in [0, 0.1) is 0 Å². The molecule has 0 radical (unpaired) electrons. The van der Waals surface area contributed by atoms with Gasteiger partial charge in [0.15, 0.2) is 0 Å². The Morgan fingerprint density at radius 1 is 0.528 bits per heavy atom. The largest absolute Gasteiger partial charge is 0.256 e. The number of aromatic nitrogens is 1. The summed E-state index contributed by atoms with van der Waals surface area (Å²) in [6.07, 6.45) is 2.91. The van der Waals surface area contributed by atoms with Gasteiger partial charge in [0.05, 0.1) is 11.1 Å². The molecular weight excluding hydrogens is 434 g/mol. The highest BCUT2D eigenvalue weighted by Gasteiger charge is 2.52. The molecule has 0 saturated heterocycles. The first-order valence-electron chi connectivity index (χ1n) is 12.7. The van der Waals surface area contributed by atoms with Crippen molar-refractivity contribution < 1.29 is 0 Å². The van der Waals surface area contributed by atoms with Crippen molar-refractivity contribution in [3.05, 3.63) is 149 Å². The Hall–Kier alpha value is -4.49. The van der Waals surface area contributed by atoms with Gasteiger partial charge in [-0.1, -0.05) is 97.1 Å². The smallest absolute Gasteiger partial charge is 0.0753 e. The van der Waals surface area contributed by atoms with E-state index in [9.17, 15) is 0 Å². The second-order valence-corrected chi connectivity index (χ2v) is 10.3. The Morgan fingerprint density at radius 3 is 2.19 bits per heavy atom. The molecule has 0 N–H and O–H groups in total. The Morgan fingerprint density at radius 2 is 1.28 bits per heavy atom. The molecule has 3 aliphatic carbocycles. The van der Waals surface area contributed by atoms with Gasteiger partial charge in [-0.15, -0.1) is 0 Å². The van der Waals surface area contributed by atoms with E-state index in [4.69, 9.17) is 4.98 Å². The van der Waals surface area contributed by atoms with Crippen LogP contribution in [0.25, 0.3) is 44.3 Å². The molecule has 1 heterocycles. The van der Waals surface area contributed by atoms with Crippen molar-refractivity contribution in [1.82, 2.24) is 4.98 Å². The van der Waals surface area contributed by atoms with Gasteiger partial charge in [-0.3, -0.25) is 4.98 Å². The molecule has 0 saturated carbocycles. The fourth-order valence-corrected chi connectivity index (χ4v) is 7.40. The minimum Gasteiger partial charge on any atom is -0.256 e. The van der Waals surface area contributed by atoms with E-state index in [0.29, 0.717) is 0 Å². The molecule has 6 aromatic rings. The summed E-state index contributed by atoms with van der Waals surface area (Å²) in [6.45, 7) is 0. The van der Waals surface area contributed by atoms with Gasteiger partial charge < -0.3 is 0 Å². The highest BCUT2D eigenvalue weighted by atomic mass is 14.7. The average Bonchev–Trinajstić information content (AvgIpc) is 3.56. The number of pyridine rings is 1. The van der Waals surface area contributed by atoms with Gasteiger partial charge in [0.25, 0.3) is 0 Å². The van der Waals surface area contributed by atoms with E-state index in [2.05, 4.69) is 109 Å².